The summed E-state index contributed by atoms with van der Waals surface area (Å²) in [5, 5.41) is 6.92. The van der Waals surface area contributed by atoms with E-state index in [-0.39, 0.29) is 5.54 Å². The Morgan fingerprint density at radius 1 is 1.38 bits per heavy atom. The van der Waals surface area contributed by atoms with E-state index in [4.69, 9.17) is 4.98 Å². The second-order valence-electron chi connectivity index (χ2n) is 7.10. The van der Waals surface area contributed by atoms with Crippen molar-refractivity contribution in [2.24, 2.45) is 0 Å². The summed E-state index contributed by atoms with van der Waals surface area (Å²) in [6.07, 6.45) is 2.40. The summed E-state index contributed by atoms with van der Waals surface area (Å²) in [5.41, 5.74) is 1.30. The Labute approximate surface area is 133 Å². The van der Waals surface area contributed by atoms with Gasteiger partial charge in [0.05, 0.1) is 5.69 Å². The third-order valence-corrected chi connectivity index (χ3v) is 4.88. The molecule has 0 saturated carbocycles. The zero-order chi connectivity index (χ0) is 15.5. The summed E-state index contributed by atoms with van der Waals surface area (Å²) in [5.74, 6) is 0. The van der Waals surface area contributed by atoms with Crippen LogP contribution in [0.2, 0.25) is 0 Å². The monoisotopic (exact) mass is 310 g/mol. The van der Waals surface area contributed by atoms with Gasteiger partial charge in [-0.05, 0) is 47.2 Å². The lowest BCUT2D eigenvalue weighted by atomic mass is 10.1. The Balaban J connectivity index is 2.04. The van der Waals surface area contributed by atoms with Gasteiger partial charge in [0.15, 0.2) is 5.13 Å². The minimum absolute atomic E-state index is 0.140. The van der Waals surface area contributed by atoms with Gasteiger partial charge in [0.25, 0.3) is 0 Å². The van der Waals surface area contributed by atoms with Crippen molar-refractivity contribution in [1.82, 2.24) is 15.2 Å². The van der Waals surface area contributed by atoms with Gasteiger partial charge in [0.1, 0.15) is 0 Å². The molecule has 1 aliphatic rings. The van der Waals surface area contributed by atoms with Gasteiger partial charge < -0.3 is 15.1 Å². The molecule has 0 aromatic carbocycles. The van der Waals surface area contributed by atoms with E-state index in [0.29, 0.717) is 6.04 Å². The Bertz CT molecular complexity index is 438. The van der Waals surface area contributed by atoms with Crippen LogP contribution in [0.3, 0.4) is 0 Å². The van der Waals surface area contributed by atoms with E-state index in [1.807, 2.05) is 0 Å². The number of hydrogen-bond acceptors (Lipinski definition) is 5. The molecule has 2 heterocycles. The molecule has 0 radical (unpaired) electrons. The van der Waals surface area contributed by atoms with Crippen LogP contribution in [0, 0.1) is 0 Å². The molecule has 1 aromatic rings. The quantitative estimate of drug-likeness (QED) is 0.926. The molecule has 21 heavy (non-hydrogen) atoms. The number of rotatable bonds is 4. The molecule has 1 saturated heterocycles. The zero-order valence-electron chi connectivity index (χ0n) is 14.1. The van der Waals surface area contributed by atoms with Gasteiger partial charge in [0, 0.05) is 36.6 Å². The maximum Gasteiger partial charge on any atom is 0.185 e. The van der Waals surface area contributed by atoms with Crippen LogP contribution in [0.25, 0.3) is 0 Å². The lowest BCUT2D eigenvalue weighted by Crippen LogP contribution is -2.39. The largest absolute Gasteiger partial charge is 0.344 e. The highest BCUT2D eigenvalue weighted by molar-refractivity contribution is 7.13. The molecule has 120 valence electrons. The molecule has 1 fully saturated rings. The van der Waals surface area contributed by atoms with Crippen LogP contribution in [-0.4, -0.2) is 48.1 Å². The maximum absolute atomic E-state index is 4.87. The summed E-state index contributed by atoms with van der Waals surface area (Å²) in [4.78, 5) is 9.84. The van der Waals surface area contributed by atoms with E-state index in [1.165, 1.54) is 24.5 Å². The molecule has 2 rings (SSSR count). The highest BCUT2D eigenvalue weighted by Crippen LogP contribution is 2.26. The van der Waals surface area contributed by atoms with Crippen LogP contribution >= 0.6 is 11.3 Å². The molecule has 1 aromatic heterocycles. The van der Waals surface area contributed by atoms with Gasteiger partial charge in [-0.15, -0.1) is 11.3 Å². The van der Waals surface area contributed by atoms with Crippen LogP contribution in [0.1, 0.15) is 46.2 Å². The number of thiazole rings is 1. The summed E-state index contributed by atoms with van der Waals surface area (Å²) in [6, 6.07) is 0.590. The van der Waals surface area contributed by atoms with E-state index < -0.39 is 0 Å². The van der Waals surface area contributed by atoms with Crippen molar-refractivity contribution in [2.75, 3.05) is 31.6 Å². The minimum atomic E-state index is 0.140. The van der Waals surface area contributed by atoms with Crippen molar-refractivity contribution in [2.45, 2.75) is 58.7 Å². The van der Waals surface area contributed by atoms with Crippen LogP contribution < -0.4 is 10.2 Å². The minimum Gasteiger partial charge on any atom is -0.344 e. The molecule has 4 nitrogen and oxygen atoms in total. The van der Waals surface area contributed by atoms with Gasteiger partial charge >= 0.3 is 0 Å². The molecule has 1 aliphatic heterocycles. The Hall–Kier alpha value is -0.650. The van der Waals surface area contributed by atoms with Gasteiger partial charge in [0.2, 0.25) is 0 Å². The fraction of sp³-hybridized carbons (Fsp3) is 0.812. The fourth-order valence-corrected chi connectivity index (χ4v) is 3.63. The third kappa shape index (κ3) is 4.94. The number of hydrogen-bond donors (Lipinski definition) is 1. The van der Waals surface area contributed by atoms with Crippen molar-refractivity contribution < 1.29 is 0 Å². The van der Waals surface area contributed by atoms with Crippen molar-refractivity contribution in [3.05, 3.63) is 11.1 Å². The second-order valence-corrected chi connectivity index (χ2v) is 7.93. The van der Waals surface area contributed by atoms with E-state index in [1.54, 1.807) is 11.3 Å². The first-order chi connectivity index (χ1) is 9.89. The van der Waals surface area contributed by atoms with Crippen molar-refractivity contribution in [3.8, 4) is 0 Å². The normalized spacial score (nSPS) is 21.6. The van der Waals surface area contributed by atoms with Gasteiger partial charge in [-0.1, -0.05) is 6.92 Å². The van der Waals surface area contributed by atoms with Gasteiger partial charge in [-0.2, -0.15) is 0 Å². The van der Waals surface area contributed by atoms with Crippen LogP contribution in [0.4, 0.5) is 5.13 Å². The molecule has 0 amide bonds. The smallest absolute Gasteiger partial charge is 0.185 e. The van der Waals surface area contributed by atoms with Gasteiger partial charge in [-0.25, -0.2) is 4.98 Å². The Morgan fingerprint density at radius 3 is 2.81 bits per heavy atom. The summed E-state index contributed by atoms with van der Waals surface area (Å²) in [7, 11) is 2.23. The number of aromatic nitrogens is 1. The highest BCUT2D eigenvalue weighted by Gasteiger charge is 2.24. The van der Waals surface area contributed by atoms with Crippen molar-refractivity contribution >= 4 is 16.5 Å². The summed E-state index contributed by atoms with van der Waals surface area (Å²) in [6.45, 7) is 13.2. The average Bonchev–Trinajstić information content (AvgIpc) is 2.79. The van der Waals surface area contributed by atoms with E-state index in [9.17, 15) is 0 Å². The second kappa shape index (κ2) is 7.07. The predicted molar refractivity (Wildman–Crippen MR) is 92.2 cm³/mol. The lowest BCUT2D eigenvalue weighted by molar-refractivity contribution is 0.328. The first-order valence-electron chi connectivity index (χ1n) is 8.03. The fourth-order valence-electron chi connectivity index (χ4n) is 2.71. The molecular formula is C16H30N4S. The predicted octanol–water partition coefficient (Wildman–Crippen LogP) is 2.95. The van der Waals surface area contributed by atoms with E-state index in [0.717, 1.165) is 25.3 Å². The molecule has 5 heteroatoms. The third-order valence-electron chi connectivity index (χ3n) is 3.96. The van der Waals surface area contributed by atoms with E-state index in [2.05, 4.69) is 55.2 Å². The molecule has 1 N–H and O–H groups in total. The SMILES string of the molecule is CCC1CN(C)CCCN1c1nc(CNC(C)(C)C)cs1. The standard InChI is InChI=1S/C16H30N4S/c1-6-14-11-19(5)8-7-9-20(14)15-18-13(12-21-15)10-17-16(2,3)4/h12,14,17H,6-11H2,1-5H3. The molecular weight excluding hydrogens is 280 g/mol. The van der Waals surface area contributed by atoms with Gasteiger partial charge in [-0.3, -0.25) is 0 Å². The number of nitrogens with one attached hydrogen (secondary N) is 1. The maximum atomic E-state index is 4.87. The van der Waals surface area contributed by atoms with Crippen LogP contribution in [0.5, 0.6) is 0 Å². The lowest BCUT2D eigenvalue weighted by Gasteiger charge is -2.29. The number of likely N-dealkylation sites (N-methyl/N-ethyl adjacent to an activating group) is 1. The molecule has 0 spiro atoms. The molecule has 1 atom stereocenters. The van der Waals surface area contributed by atoms with Crippen molar-refractivity contribution in [1.29, 1.82) is 0 Å². The topological polar surface area (TPSA) is 31.4 Å². The molecule has 0 bridgehead atoms. The van der Waals surface area contributed by atoms with Crippen LogP contribution in [0.15, 0.2) is 5.38 Å². The van der Waals surface area contributed by atoms with E-state index >= 15 is 0 Å². The highest BCUT2D eigenvalue weighted by atomic mass is 32.1. The Kier molecular flexibility index (Phi) is 5.63. The van der Waals surface area contributed by atoms with Crippen LogP contribution in [-0.2, 0) is 6.54 Å². The summed E-state index contributed by atoms with van der Waals surface area (Å²) < 4.78 is 0. The Morgan fingerprint density at radius 2 is 2.14 bits per heavy atom. The molecule has 1 unspecified atom stereocenters. The first kappa shape index (κ1) is 16.7. The average molecular weight is 311 g/mol. The molecule has 0 aliphatic carbocycles. The first-order valence-corrected chi connectivity index (χ1v) is 8.91. The zero-order valence-corrected chi connectivity index (χ0v) is 15.0. The number of anilines is 1. The number of nitrogens with zero attached hydrogens (tertiary/aromatic N) is 3. The van der Waals surface area contributed by atoms with Crippen molar-refractivity contribution in [3.63, 3.8) is 0 Å². The summed E-state index contributed by atoms with van der Waals surface area (Å²) >= 11 is 1.79.